The number of halogens is 12. The van der Waals surface area contributed by atoms with Crippen LogP contribution in [0, 0.1) is 23.7 Å². The van der Waals surface area contributed by atoms with Gasteiger partial charge in [-0.3, -0.25) is 14.6 Å². The SMILES string of the molecule is CC(C)(C)OC(=O)N1CC=C(O[Si](C)(C)C)CC1.CC(C)(C)OC(=O)N1CCC(=O)C(C(F)(F)F)C1.CC(C)(C)OC(=O)N1CCC(=O)CC1.CC(C)(C)OC(=O)N1CC[C@H](N)[C@H](C(F)(F)F)C1.C[C@@H](N=C1CCN(C(=O)OC(C)(C)C)CC1C(F)(F)F)c1ccccc1.C[C@@H](N[C@H]1CCN(C(=O)OC(C)(C)C)C[C@H]1C(F)(F)F)c1ccccc1. The number of ether oxygens (including phenoxy) is 6. The number of ketones is 2. The van der Waals surface area contributed by atoms with Crippen LogP contribution in [0.5, 0.6) is 0 Å². The molecule has 3 N–H and O–H groups in total. The van der Waals surface area contributed by atoms with E-state index in [9.17, 15) is 91.0 Å². The molecule has 37 heteroatoms. The Balaban J connectivity index is 0.000000377. The predicted molar refractivity (Wildman–Crippen MR) is 432 cm³/mol. The van der Waals surface area contributed by atoms with E-state index in [4.69, 9.17) is 38.6 Å². The number of amides is 6. The highest BCUT2D eigenvalue weighted by molar-refractivity contribution is 6.70. The average molecular weight is 1750 g/mol. The highest BCUT2D eigenvalue weighted by Gasteiger charge is 2.52. The van der Waals surface area contributed by atoms with Crippen molar-refractivity contribution < 1.29 is 124 Å². The molecule has 0 saturated carbocycles. The van der Waals surface area contributed by atoms with Crippen LogP contribution >= 0.6 is 0 Å². The van der Waals surface area contributed by atoms with Crippen molar-refractivity contribution in [3.63, 3.8) is 0 Å². The molecule has 5 saturated heterocycles. The van der Waals surface area contributed by atoms with Crippen molar-refractivity contribution in [2.75, 3.05) is 78.5 Å². The van der Waals surface area contributed by atoms with E-state index < -0.39 is 159 Å². The van der Waals surface area contributed by atoms with Gasteiger partial charge in [0.25, 0.3) is 0 Å². The van der Waals surface area contributed by atoms with Crippen molar-refractivity contribution in [3.8, 4) is 0 Å². The van der Waals surface area contributed by atoms with Gasteiger partial charge in [0, 0.05) is 134 Å². The van der Waals surface area contributed by atoms with Crippen molar-refractivity contribution in [1.82, 2.24) is 34.7 Å². The van der Waals surface area contributed by atoms with Gasteiger partial charge < -0.3 is 73.3 Å². The topological polar surface area (TPSA) is 271 Å². The average Bonchev–Trinajstić information content (AvgIpc) is 0.800. The summed E-state index contributed by atoms with van der Waals surface area (Å²) >= 11 is 0. The van der Waals surface area contributed by atoms with Gasteiger partial charge >= 0.3 is 61.3 Å². The molecule has 5 fully saturated rings. The Morgan fingerprint density at radius 1 is 0.425 bits per heavy atom. The number of alkyl halides is 12. The number of hydrogen-bond acceptors (Lipinski definition) is 18. The highest BCUT2D eigenvalue weighted by Crippen LogP contribution is 2.39. The Hall–Kier alpha value is -8.09. The van der Waals surface area contributed by atoms with Crippen molar-refractivity contribution in [3.05, 3.63) is 83.6 Å². The van der Waals surface area contributed by atoms with Crippen LogP contribution in [-0.4, -0.2) is 240 Å². The van der Waals surface area contributed by atoms with Gasteiger partial charge in [-0.1, -0.05) is 60.7 Å². The molecule has 6 amide bonds. The van der Waals surface area contributed by atoms with Gasteiger partial charge in [0.2, 0.25) is 8.32 Å². The number of hydrogen-bond donors (Lipinski definition) is 2. The van der Waals surface area contributed by atoms with Crippen molar-refractivity contribution in [1.29, 1.82) is 0 Å². The minimum Gasteiger partial charge on any atom is -0.547 e. The van der Waals surface area contributed by atoms with E-state index in [1.807, 2.05) is 115 Å². The van der Waals surface area contributed by atoms with Gasteiger partial charge in [0.1, 0.15) is 57.0 Å². The van der Waals surface area contributed by atoms with Gasteiger partial charge in [-0.15, -0.1) is 0 Å². The molecule has 2 unspecified atom stereocenters. The summed E-state index contributed by atoms with van der Waals surface area (Å²) in [5.74, 6) is -6.80. The fourth-order valence-electron chi connectivity index (χ4n) is 12.3. The Morgan fingerprint density at radius 3 is 1.14 bits per heavy atom. The summed E-state index contributed by atoms with van der Waals surface area (Å²) in [6, 6.07) is 16.3. The van der Waals surface area contributed by atoms with E-state index in [2.05, 4.69) is 30.0 Å². The molecule has 0 aliphatic carbocycles. The molecular weight excluding hydrogens is 1620 g/mol. The van der Waals surface area contributed by atoms with E-state index >= 15 is 0 Å². The van der Waals surface area contributed by atoms with Gasteiger partial charge in [0.15, 0.2) is 0 Å². The lowest BCUT2D eigenvalue weighted by Crippen LogP contribution is -2.56. The van der Waals surface area contributed by atoms with Crippen LogP contribution in [0.3, 0.4) is 0 Å². The summed E-state index contributed by atoms with van der Waals surface area (Å²) in [5, 5.41) is 3.10. The van der Waals surface area contributed by atoms with Crippen LogP contribution in [0.4, 0.5) is 81.5 Å². The smallest absolute Gasteiger partial charge is 0.410 e. The summed E-state index contributed by atoms with van der Waals surface area (Å²) in [7, 11) is -1.54. The third-order valence-electron chi connectivity index (χ3n) is 18.0. The summed E-state index contributed by atoms with van der Waals surface area (Å²) in [5.41, 5.74) is 3.47. The lowest BCUT2D eigenvalue weighted by molar-refractivity contribution is -0.193. The Kier molecular flexibility index (Phi) is 38.7. The third kappa shape index (κ3) is 40.7. The van der Waals surface area contributed by atoms with Crippen LogP contribution in [0.15, 0.2) is 77.5 Å². The van der Waals surface area contributed by atoms with Crippen LogP contribution in [0.25, 0.3) is 0 Å². The first kappa shape index (κ1) is 106. The van der Waals surface area contributed by atoms with Gasteiger partial charge in [-0.2, -0.15) is 52.7 Å². The zero-order chi connectivity index (χ0) is 92.1. The second-order valence-electron chi connectivity index (χ2n) is 37.1. The maximum Gasteiger partial charge on any atom is 0.410 e. The lowest BCUT2D eigenvalue weighted by atomic mass is 9.90. The quantitative estimate of drug-likeness (QED) is 0.148. The van der Waals surface area contributed by atoms with E-state index in [0.717, 1.165) is 42.9 Å². The molecule has 0 bridgehead atoms. The summed E-state index contributed by atoms with van der Waals surface area (Å²) in [6.45, 7) is 42.1. The monoisotopic (exact) mass is 1750 g/mol. The third-order valence-corrected chi connectivity index (χ3v) is 18.9. The molecule has 6 aliphatic rings. The lowest BCUT2D eigenvalue weighted by Gasteiger charge is -2.41. The molecule has 24 nitrogen and oxygen atoms in total. The Labute approximate surface area is 700 Å². The number of likely N-dealkylation sites (tertiary alicyclic amines) is 5. The van der Waals surface area contributed by atoms with Gasteiger partial charge in [-0.25, -0.2) is 28.8 Å². The van der Waals surface area contributed by atoms with E-state index in [1.54, 1.807) is 99.8 Å². The Bertz CT molecular complexity index is 3680. The standard InChI is InChI=1S/C19H27F3N2O2.C19H25F3N2O2.C13H25NO3Si.C11H19F3N2O2.C11H16F3NO3.C10H17NO3/c2*1-13(14-8-6-5-7-9-14)23-16-10-11-24(12-15(16)19(20,21)22)17(25)26-18(2,3)4;1-13(2,3)16-12(15)14-9-7-11(8-10-14)17-18(4,5)6;1-10(2,3)18-9(17)16-5-4-8(15)7(6-16)11(12,13)14;1-10(2,3)18-9(17)15-5-4-8(16)7(6-15)11(12,13)14;1-10(2,3)14-9(13)11-6-4-8(12)5-7-11/h5-9,13,15-16,23H,10-12H2,1-4H3;5-9,13,15H,10-12H2,1-4H3;7H,8-10H2,1-6H3;7-8H,4-6,15H2,1-3H3;7H,4-6H2,1-3H3;4-7H2,1-3H3/t13-,15-,16+;13-,15?;;7-,8+;;/m11.1../s1. The largest absolute Gasteiger partial charge is 0.547 e. The molecule has 6 aliphatic heterocycles. The maximum atomic E-state index is 13.6. The molecular formula is C83H129F12N9O15Si. The van der Waals surface area contributed by atoms with Crippen LogP contribution in [0.1, 0.15) is 207 Å². The van der Waals surface area contributed by atoms with E-state index in [1.165, 1.54) is 0 Å². The number of piperidine rings is 5. The normalized spacial score (nSPS) is 21.5. The molecule has 0 spiro atoms. The highest BCUT2D eigenvalue weighted by atomic mass is 28.4. The molecule has 8 rings (SSSR count). The summed E-state index contributed by atoms with van der Waals surface area (Å²) < 4.78 is 194. The first-order valence-corrected chi connectivity index (χ1v) is 43.6. The molecule has 120 heavy (non-hydrogen) atoms. The minimum absolute atomic E-state index is 0.0275. The van der Waals surface area contributed by atoms with Crippen LogP contribution in [0.2, 0.25) is 19.6 Å². The second-order valence-corrected chi connectivity index (χ2v) is 41.5. The molecule has 2 aromatic carbocycles. The summed E-state index contributed by atoms with van der Waals surface area (Å²) in [4.78, 5) is 105. The summed E-state index contributed by atoms with van der Waals surface area (Å²) in [6.07, 6.45) is -17.5. The number of aliphatic imine (C=N–C) groups is 1. The number of Topliss-reactive ketones (excluding diaryl/α,β-unsaturated/α-hetero) is 2. The fourth-order valence-corrected chi connectivity index (χ4v) is 13.3. The van der Waals surface area contributed by atoms with E-state index in [-0.39, 0.29) is 87.6 Å². The van der Waals surface area contributed by atoms with Crippen molar-refractivity contribution in [2.45, 2.75) is 286 Å². The fraction of sp³-hybridized carbons (Fsp3) is 0.723. The number of nitrogens with two attached hydrogens (primary N) is 1. The van der Waals surface area contributed by atoms with Crippen molar-refractivity contribution in [2.24, 2.45) is 34.4 Å². The Morgan fingerprint density at radius 2 is 0.767 bits per heavy atom. The number of nitrogens with zero attached hydrogens (tertiary/aromatic N) is 7. The van der Waals surface area contributed by atoms with E-state index in [0.29, 0.717) is 39.0 Å². The van der Waals surface area contributed by atoms with Crippen molar-refractivity contribution >= 4 is 62.2 Å². The maximum absolute atomic E-state index is 13.6. The first-order valence-electron chi connectivity index (χ1n) is 40.2. The number of nitrogens with one attached hydrogen (secondary N) is 1. The number of benzene rings is 2. The molecule has 0 aromatic heterocycles. The predicted octanol–water partition coefficient (Wildman–Crippen LogP) is 19.0. The molecule has 684 valence electrons. The number of carbonyl (C=O) groups excluding carboxylic acids is 8. The first-order chi connectivity index (χ1) is 54.4. The van der Waals surface area contributed by atoms with Gasteiger partial charge in [-0.05, 0) is 188 Å². The number of rotatable bonds is 7. The zero-order valence-corrected chi connectivity index (χ0v) is 74.8. The number of carbonyl (C=O) groups is 8. The minimum atomic E-state index is -4.61. The van der Waals surface area contributed by atoms with Crippen LogP contribution in [-0.2, 0) is 42.4 Å². The van der Waals surface area contributed by atoms with Gasteiger partial charge in [0.05, 0.1) is 23.6 Å². The zero-order valence-electron chi connectivity index (χ0n) is 73.8. The molecule has 2 aromatic rings. The molecule has 6 heterocycles. The molecule has 0 radical (unpaired) electrons. The molecule has 8 atom stereocenters. The second kappa shape index (κ2) is 43.8. The van der Waals surface area contributed by atoms with Crippen LogP contribution < -0.4 is 11.1 Å².